The molecule has 0 bridgehead atoms. The minimum Gasteiger partial charge on any atom is -0.369 e. The molecule has 216 valence electrons. The zero-order chi connectivity index (χ0) is 29.6. The van der Waals surface area contributed by atoms with E-state index in [1.807, 2.05) is 51.1 Å². The van der Waals surface area contributed by atoms with Crippen molar-refractivity contribution in [2.75, 3.05) is 13.1 Å². The van der Waals surface area contributed by atoms with Crippen molar-refractivity contribution in [2.24, 2.45) is 11.1 Å². The molecular weight excluding hydrogens is 533 g/mol. The molecule has 2 aliphatic rings. The van der Waals surface area contributed by atoms with Gasteiger partial charge < -0.3 is 16.0 Å². The molecule has 0 spiro atoms. The van der Waals surface area contributed by atoms with Gasteiger partial charge in [0.2, 0.25) is 5.91 Å². The summed E-state index contributed by atoms with van der Waals surface area (Å²) in [5, 5.41) is 11.4. The largest absolute Gasteiger partial charge is 0.416 e. The second-order valence-corrected chi connectivity index (χ2v) is 11.7. The van der Waals surface area contributed by atoms with Crippen LogP contribution in [0.4, 0.5) is 18.0 Å². The van der Waals surface area contributed by atoms with E-state index >= 15 is 0 Å². The number of alkyl halides is 3. The Balaban J connectivity index is 1.56. The summed E-state index contributed by atoms with van der Waals surface area (Å²) in [6.45, 7) is 6.45. The highest BCUT2D eigenvalue weighted by molar-refractivity contribution is 5.92. The molecule has 1 aliphatic heterocycles. The van der Waals surface area contributed by atoms with E-state index in [2.05, 4.69) is 15.6 Å². The summed E-state index contributed by atoms with van der Waals surface area (Å²) in [6, 6.07) is 12.4. The summed E-state index contributed by atoms with van der Waals surface area (Å²) in [7, 11) is 0. The van der Waals surface area contributed by atoms with Gasteiger partial charge in [-0.15, -0.1) is 5.10 Å². The van der Waals surface area contributed by atoms with Crippen molar-refractivity contribution < 1.29 is 22.8 Å². The molecule has 5 rings (SSSR count). The average molecular weight is 567 g/mol. The first-order valence-electron chi connectivity index (χ1n) is 13.5. The summed E-state index contributed by atoms with van der Waals surface area (Å²) >= 11 is 0. The Morgan fingerprint density at radius 2 is 1.85 bits per heavy atom. The van der Waals surface area contributed by atoms with Crippen molar-refractivity contribution in [3.63, 3.8) is 0 Å². The Morgan fingerprint density at radius 3 is 2.56 bits per heavy atom. The minimum absolute atomic E-state index is 0.134. The molecule has 3 N–H and O–H groups in total. The molecule has 0 saturated heterocycles. The molecule has 11 heteroatoms. The highest BCUT2D eigenvalue weighted by atomic mass is 19.4. The highest BCUT2D eigenvalue weighted by Gasteiger charge is 2.46. The summed E-state index contributed by atoms with van der Waals surface area (Å²) in [5.74, 6) is -0.549. The van der Waals surface area contributed by atoms with Crippen LogP contribution in [0.2, 0.25) is 0 Å². The van der Waals surface area contributed by atoms with E-state index in [4.69, 9.17) is 5.73 Å². The van der Waals surface area contributed by atoms with Gasteiger partial charge in [-0.3, -0.25) is 4.79 Å². The molecule has 8 nitrogen and oxygen atoms in total. The lowest BCUT2D eigenvalue weighted by Gasteiger charge is -2.44. The van der Waals surface area contributed by atoms with E-state index < -0.39 is 28.6 Å². The van der Waals surface area contributed by atoms with Gasteiger partial charge in [-0.1, -0.05) is 35.6 Å². The maximum Gasteiger partial charge on any atom is 0.416 e. The number of urea groups is 1. The van der Waals surface area contributed by atoms with Crippen molar-refractivity contribution in [1.29, 1.82) is 0 Å². The SMILES string of the molecule is CC(C)(C)NC(=O)N1CCC2=C(C1)C(CCn1nnc3ccccc31)(C(N)=O)CC=C2c1cccc(C(F)(F)F)c1. The number of carbonyl (C=O) groups is 2. The van der Waals surface area contributed by atoms with Crippen LogP contribution in [-0.2, 0) is 17.5 Å². The normalized spacial score (nSPS) is 19.7. The van der Waals surface area contributed by atoms with Gasteiger partial charge >= 0.3 is 12.2 Å². The number of fused-ring (bicyclic) bond motifs is 1. The van der Waals surface area contributed by atoms with Gasteiger partial charge in [0, 0.05) is 25.2 Å². The Bertz CT molecular complexity index is 1570. The van der Waals surface area contributed by atoms with Crippen LogP contribution in [0.15, 0.2) is 65.8 Å². The number of nitrogens with zero attached hydrogens (tertiary/aromatic N) is 4. The zero-order valence-corrected chi connectivity index (χ0v) is 23.3. The number of aromatic nitrogens is 3. The third-order valence-corrected chi connectivity index (χ3v) is 7.81. The second-order valence-electron chi connectivity index (χ2n) is 11.7. The van der Waals surface area contributed by atoms with Crippen molar-refractivity contribution in [2.45, 2.75) is 58.3 Å². The molecule has 1 unspecified atom stereocenters. The molecule has 3 aromatic rings. The number of carbonyl (C=O) groups excluding carboxylic acids is 2. The van der Waals surface area contributed by atoms with Crippen molar-refractivity contribution >= 4 is 28.5 Å². The summed E-state index contributed by atoms with van der Waals surface area (Å²) < 4.78 is 42.4. The second kappa shape index (κ2) is 10.4. The lowest BCUT2D eigenvalue weighted by atomic mass is 9.65. The van der Waals surface area contributed by atoms with Crippen LogP contribution in [0.5, 0.6) is 0 Å². The first-order chi connectivity index (χ1) is 19.3. The van der Waals surface area contributed by atoms with Crippen LogP contribution in [0.1, 0.15) is 51.2 Å². The smallest absolute Gasteiger partial charge is 0.369 e. The van der Waals surface area contributed by atoms with Crippen LogP contribution < -0.4 is 11.1 Å². The first kappa shape index (κ1) is 28.4. The van der Waals surface area contributed by atoms with Crippen molar-refractivity contribution in [3.8, 4) is 0 Å². The third kappa shape index (κ3) is 5.57. The van der Waals surface area contributed by atoms with E-state index in [1.165, 1.54) is 6.07 Å². The number of amides is 3. The fourth-order valence-electron chi connectivity index (χ4n) is 5.76. The third-order valence-electron chi connectivity index (χ3n) is 7.81. The van der Waals surface area contributed by atoms with Crippen LogP contribution >= 0.6 is 0 Å². The van der Waals surface area contributed by atoms with E-state index in [9.17, 15) is 22.8 Å². The molecule has 3 amide bonds. The monoisotopic (exact) mass is 566 g/mol. The number of aryl methyl sites for hydroxylation is 1. The maximum absolute atomic E-state index is 13.6. The highest BCUT2D eigenvalue weighted by Crippen LogP contribution is 2.49. The van der Waals surface area contributed by atoms with Crippen molar-refractivity contribution in [1.82, 2.24) is 25.2 Å². The molecular formula is C30H33F3N6O2. The number of primary amides is 1. The van der Waals surface area contributed by atoms with Gasteiger partial charge in [0.05, 0.1) is 16.5 Å². The predicted octanol–water partition coefficient (Wildman–Crippen LogP) is 5.31. The molecule has 0 fully saturated rings. The molecule has 1 aromatic heterocycles. The van der Waals surface area contributed by atoms with E-state index in [1.54, 1.807) is 15.6 Å². The van der Waals surface area contributed by atoms with Gasteiger partial charge in [-0.05, 0) is 86.6 Å². The summed E-state index contributed by atoms with van der Waals surface area (Å²) in [5.41, 5.74) is 7.78. The van der Waals surface area contributed by atoms with E-state index in [0.717, 1.165) is 28.7 Å². The molecule has 2 heterocycles. The van der Waals surface area contributed by atoms with E-state index in [-0.39, 0.29) is 25.4 Å². The van der Waals surface area contributed by atoms with E-state index in [0.29, 0.717) is 36.2 Å². The van der Waals surface area contributed by atoms with Crippen LogP contribution in [0.25, 0.3) is 16.6 Å². The lowest BCUT2D eigenvalue weighted by molar-refractivity contribution is -0.137. The van der Waals surface area contributed by atoms with Gasteiger partial charge in [-0.2, -0.15) is 13.2 Å². The molecule has 1 atom stereocenters. The number of nitrogens with one attached hydrogen (secondary N) is 1. The zero-order valence-electron chi connectivity index (χ0n) is 23.3. The number of rotatable bonds is 5. The molecule has 1 aliphatic carbocycles. The Labute approximate surface area is 236 Å². The first-order valence-corrected chi connectivity index (χ1v) is 13.5. The van der Waals surface area contributed by atoms with Crippen LogP contribution in [0, 0.1) is 5.41 Å². The number of nitrogens with two attached hydrogens (primary N) is 1. The number of hydrogen-bond acceptors (Lipinski definition) is 4. The van der Waals surface area contributed by atoms with Crippen LogP contribution in [0.3, 0.4) is 0 Å². The fourth-order valence-corrected chi connectivity index (χ4v) is 5.76. The Morgan fingerprint density at radius 1 is 1.10 bits per heavy atom. The number of allylic oxidation sites excluding steroid dienone is 2. The maximum atomic E-state index is 13.6. The van der Waals surface area contributed by atoms with Gasteiger partial charge in [0.1, 0.15) is 5.52 Å². The number of hydrogen-bond donors (Lipinski definition) is 2. The minimum atomic E-state index is -4.49. The van der Waals surface area contributed by atoms with Crippen LogP contribution in [-0.4, -0.2) is 50.5 Å². The van der Waals surface area contributed by atoms with Gasteiger partial charge in [-0.25, -0.2) is 9.48 Å². The molecule has 0 saturated carbocycles. The van der Waals surface area contributed by atoms with Gasteiger partial charge in [0.15, 0.2) is 0 Å². The predicted molar refractivity (Wildman–Crippen MR) is 149 cm³/mol. The lowest BCUT2D eigenvalue weighted by Crippen LogP contribution is -2.53. The Kier molecular flexibility index (Phi) is 7.17. The number of benzene rings is 2. The molecule has 2 aromatic carbocycles. The fraction of sp³-hybridized carbons (Fsp3) is 0.400. The number of para-hydroxylation sites is 1. The summed E-state index contributed by atoms with van der Waals surface area (Å²) in [4.78, 5) is 28.2. The van der Waals surface area contributed by atoms with Gasteiger partial charge in [0.25, 0.3) is 0 Å². The summed E-state index contributed by atoms with van der Waals surface area (Å²) in [6.07, 6.45) is -1.82. The quantitative estimate of drug-likeness (QED) is 0.437. The average Bonchev–Trinajstić information content (AvgIpc) is 3.33. The Hall–Kier alpha value is -4.15. The van der Waals surface area contributed by atoms with Crippen molar-refractivity contribution in [3.05, 3.63) is 76.9 Å². The molecule has 0 radical (unpaired) electrons. The topological polar surface area (TPSA) is 106 Å². The standard InChI is InChI=1S/C30H33F3N6O2/c1-28(2,3)35-27(41)38-15-12-22-21(19-7-6-8-20(17-19)30(31,32)33)11-13-29(26(34)40,23(22)18-38)14-16-39-25-10-5-4-9-24(25)36-37-39/h4-11,17H,12-16,18H2,1-3H3,(H2,34,40)(H,35,41). The molecule has 41 heavy (non-hydrogen) atoms. The number of halogens is 3.